The first-order valence-corrected chi connectivity index (χ1v) is 10.0. The Morgan fingerprint density at radius 1 is 1.11 bits per heavy atom. The number of rotatable bonds is 4. The van der Waals surface area contributed by atoms with Gasteiger partial charge in [-0.1, -0.05) is 0 Å². The predicted octanol–water partition coefficient (Wildman–Crippen LogP) is 2.87. The average Bonchev–Trinajstić information content (AvgIpc) is 3.39. The molecule has 0 bridgehead atoms. The molecule has 2 fully saturated rings. The molecule has 2 aliphatic heterocycles. The molecule has 0 unspecified atom stereocenters. The quantitative estimate of drug-likeness (QED) is 0.830. The minimum atomic E-state index is 0.00990. The van der Waals surface area contributed by atoms with Gasteiger partial charge in [-0.3, -0.25) is 9.78 Å². The fourth-order valence-corrected chi connectivity index (χ4v) is 4.14. The number of carbonyl (C=O) groups is 1. The highest BCUT2D eigenvalue weighted by Gasteiger charge is 2.26. The van der Waals surface area contributed by atoms with Crippen molar-refractivity contribution >= 4 is 11.7 Å². The van der Waals surface area contributed by atoms with Gasteiger partial charge in [-0.2, -0.15) is 0 Å². The zero-order valence-corrected chi connectivity index (χ0v) is 16.2. The molecule has 4 rings (SSSR count). The lowest BCUT2D eigenvalue weighted by atomic mass is 9.95. The lowest BCUT2D eigenvalue weighted by Crippen LogP contribution is -2.35. The molecule has 2 aromatic heterocycles. The van der Waals surface area contributed by atoms with E-state index in [-0.39, 0.29) is 5.91 Å². The third kappa shape index (κ3) is 3.68. The zero-order valence-electron chi connectivity index (χ0n) is 16.2. The van der Waals surface area contributed by atoms with Gasteiger partial charge in [-0.05, 0) is 39.5 Å². The summed E-state index contributed by atoms with van der Waals surface area (Å²) < 4.78 is 2.27. The van der Waals surface area contributed by atoms with Crippen molar-refractivity contribution in [1.82, 2.24) is 24.4 Å². The van der Waals surface area contributed by atoms with Crippen LogP contribution in [0.1, 0.15) is 67.8 Å². The van der Waals surface area contributed by atoms with Gasteiger partial charge in [0.2, 0.25) is 0 Å². The van der Waals surface area contributed by atoms with E-state index >= 15 is 0 Å². The molecule has 27 heavy (non-hydrogen) atoms. The van der Waals surface area contributed by atoms with Gasteiger partial charge < -0.3 is 14.4 Å². The minimum Gasteiger partial charge on any atom is -0.355 e. The van der Waals surface area contributed by atoms with Crippen LogP contribution in [0.15, 0.2) is 24.8 Å². The van der Waals surface area contributed by atoms with Crippen LogP contribution in [-0.2, 0) is 0 Å². The van der Waals surface area contributed by atoms with E-state index in [0.717, 1.165) is 57.7 Å². The van der Waals surface area contributed by atoms with E-state index in [0.29, 0.717) is 17.7 Å². The normalized spacial score (nSPS) is 18.5. The summed E-state index contributed by atoms with van der Waals surface area (Å²) in [5.74, 6) is 2.48. The molecule has 7 nitrogen and oxygen atoms in total. The summed E-state index contributed by atoms with van der Waals surface area (Å²) in [6.07, 6.45) is 11.6. The van der Waals surface area contributed by atoms with Crippen LogP contribution in [0.2, 0.25) is 0 Å². The molecule has 0 aromatic carbocycles. The van der Waals surface area contributed by atoms with Crippen molar-refractivity contribution < 1.29 is 4.79 Å². The topological polar surface area (TPSA) is 67.2 Å². The molecule has 144 valence electrons. The fraction of sp³-hybridized carbons (Fsp3) is 0.600. The van der Waals surface area contributed by atoms with E-state index in [1.807, 2.05) is 11.1 Å². The molecule has 2 aromatic rings. The largest absolute Gasteiger partial charge is 0.355 e. The Bertz CT molecular complexity index is 787. The summed E-state index contributed by atoms with van der Waals surface area (Å²) in [7, 11) is 0. The van der Waals surface area contributed by atoms with E-state index in [1.165, 1.54) is 5.82 Å². The van der Waals surface area contributed by atoms with Crippen molar-refractivity contribution in [2.24, 2.45) is 0 Å². The third-order valence-corrected chi connectivity index (χ3v) is 5.67. The van der Waals surface area contributed by atoms with Crippen LogP contribution in [0.4, 0.5) is 5.82 Å². The summed E-state index contributed by atoms with van der Waals surface area (Å²) in [4.78, 5) is 30.2. The number of hydrogen-bond acceptors (Lipinski definition) is 5. The minimum absolute atomic E-state index is 0.00990. The lowest BCUT2D eigenvalue weighted by molar-refractivity contribution is 0.0786. The zero-order chi connectivity index (χ0) is 18.8. The molecule has 0 N–H and O–H groups in total. The molecule has 0 saturated carbocycles. The van der Waals surface area contributed by atoms with Gasteiger partial charge >= 0.3 is 0 Å². The number of imidazole rings is 1. The standard InChI is InChI=1S/C20H28N6O/c1-15(2)26-12-7-22-19(26)16-5-10-24(11-6-16)18-14-21-13-17(23-18)20(27)25-8-3-4-9-25/h7,12-16H,3-6,8-11H2,1-2H3. The number of nitrogens with zero attached hydrogens (tertiary/aromatic N) is 6. The summed E-state index contributed by atoms with van der Waals surface area (Å²) >= 11 is 0. The van der Waals surface area contributed by atoms with Crippen molar-refractivity contribution in [3.05, 3.63) is 36.3 Å². The smallest absolute Gasteiger partial charge is 0.274 e. The Morgan fingerprint density at radius 2 is 1.85 bits per heavy atom. The molecule has 2 aliphatic rings. The Labute approximate surface area is 160 Å². The number of piperidine rings is 1. The highest BCUT2D eigenvalue weighted by atomic mass is 16.2. The summed E-state index contributed by atoms with van der Waals surface area (Å²) in [5, 5.41) is 0. The summed E-state index contributed by atoms with van der Waals surface area (Å²) in [6.45, 7) is 7.87. The molecule has 0 radical (unpaired) electrons. The van der Waals surface area contributed by atoms with Gasteiger partial charge in [-0.15, -0.1) is 0 Å². The molecule has 4 heterocycles. The predicted molar refractivity (Wildman–Crippen MR) is 104 cm³/mol. The first kappa shape index (κ1) is 17.9. The molecular formula is C20H28N6O. The molecule has 0 atom stereocenters. The van der Waals surface area contributed by atoms with Gasteiger partial charge in [0.05, 0.1) is 12.4 Å². The first-order valence-electron chi connectivity index (χ1n) is 10.0. The molecule has 2 saturated heterocycles. The lowest BCUT2D eigenvalue weighted by Gasteiger charge is -2.33. The van der Waals surface area contributed by atoms with Gasteiger partial charge in [0.1, 0.15) is 17.3 Å². The number of amides is 1. The van der Waals surface area contributed by atoms with E-state index in [9.17, 15) is 4.79 Å². The highest BCUT2D eigenvalue weighted by Crippen LogP contribution is 2.30. The van der Waals surface area contributed by atoms with Crippen LogP contribution in [0.3, 0.4) is 0 Å². The van der Waals surface area contributed by atoms with E-state index < -0.39 is 0 Å². The summed E-state index contributed by atoms with van der Waals surface area (Å²) in [5.41, 5.74) is 0.465. The van der Waals surface area contributed by atoms with Gasteiger partial charge in [0.15, 0.2) is 0 Å². The molecule has 1 amide bonds. The van der Waals surface area contributed by atoms with E-state index in [2.05, 4.69) is 44.5 Å². The Kier molecular flexibility index (Phi) is 5.09. The number of anilines is 1. The van der Waals surface area contributed by atoms with Crippen LogP contribution < -0.4 is 4.90 Å². The number of aromatic nitrogens is 4. The van der Waals surface area contributed by atoms with Crippen LogP contribution in [0.5, 0.6) is 0 Å². The van der Waals surface area contributed by atoms with Crippen molar-refractivity contribution in [3.63, 3.8) is 0 Å². The van der Waals surface area contributed by atoms with Crippen molar-refractivity contribution in [2.75, 3.05) is 31.1 Å². The van der Waals surface area contributed by atoms with E-state index in [1.54, 1.807) is 12.4 Å². The Balaban J connectivity index is 1.43. The van der Waals surface area contributed by atoms with E-state index in [4.69, 9.17) is 0 Å². The Hall–Kier alpha value is -2.44. The number of likely N-dealkylation sites (tertiary alicyclic amines) is 1. The number of carbonyl (C=O) groups excluding carboxylic acids is 1. The first-order chi connectivity index (χ1) is 13.1. The fourth-order valence-electron chi connectivity index (χ4n) is 4.14. The van der Waals surface area contributed by atoms with Gasteiger partial charge in [0, 0.05) is 50.5 Å². The molecule has 0 spiro atoms. The maximum absolute atomic E-state index is 12.6. The number of hydrogen-bond donors (Lipinski definition) is 0. The van der Waals surface area contributed by atoms with Gasteiger partial charge in [-0.25, -0.2) is 9.97 Å². The summed E-state index contributed by atoms with van der Waals surface area (Å²) in [6, 6.07) is 0.430. The van der Waals surface area contributed by atoms with Crippen molar-refractivity contribution in [1.29, 1.82) is 0 Å². The Morgan fingerprint density at radius 3 is 2.56 bits per heavy atom. The molecule has 0 aliphatic carbocycles. The second-order valence-corrected chi connectivity index (χ2v) is 7.81. The monoisotopic (exact) mass is 368 g/mol. The SMILES string of the molecule is CC(C)n1ccnc1C1CCN(c2cncc(C(=O)N3CCCC3)n2)CC1. The third-order valence-electron chi connectivity index (χ3n) is 5.67. The second kappa shape index (κ2) is 7.66. The van der Waals surface area contributed by atoms with Crippen LogP contribution >= 0.6 is 0 Å². The van der Waals surface area contributed by atoms with Crippen LogP contribution in [0, 0.1) is 0 Å². The average molecular weight is 368 g/mol. The molecular weight excluding hydrogens is 340 g/mol. The maximum Gasteiger partial charge on any atom is 0.274 e. The van der Waals surface area contributed by atoms with Crippen molar-refractivity contribution in [3.8, 4) is 0 Å². The van der Waals surface area contributed by atoms with Crippen LogP contribution in [-0.4, -0.2) is 56.5 Å². The maximum atomic E-state index is 12.6. The van der Waals surface area contributed by atoms with Crippen molar-refractivity contribution in [2.45, 2.75) is 51.5 Å². The molecule has 7 heteroatoms. The van der Waals surface area contributed by atoms with Crippen LogP contribution in [0.25, 0.3) is 0 Å². The second-order valence-electron chi connectivity index (χ2n) is 7.81. The highest BCUT2D eigenvalue weighted by molar-refractivity contribution is 5.92. The van der Waals surface area contributed by atoms with Gasteiger partial charge in [0.25, 0.3) is 5.91 Å².